The van der Waals surface area contributed by atoms with E-state index < -0.39 is 0 Å². The average Bonchev–Trinajstić information content (AvgIpc) is 3.25. The molecule has 3 rings (SSSR count). The molecule has 30 heavy (non-hydrogen) atoms. The molecule has 1 fully saturated rings. The molecule has 0 aromatic heterocycles. The number of guanidine groups is 1. The Morgan fingerprint density at radius 1 is 1.07 bits per heavy atom. The fraction of sp³-hybridized carbons (Fsp3) is 0.435. The highest BCUT2D eigenvalue weighted by Crippen LogP contribution is 2.31. The first-order chi connectivity index (χ1) is 14.2. The minimum atomic E-state index is 0. The third kappa shape index (κ3) is 6.68. The minimum absolute atomic E-state index is 0. The number of aliphatic imine (C=N–C) groups is 1. The van der Waals surface area contributed by atoms with Gasteiger partial charge in [0.15, 0.2) is 5.96 Å². The van der Waals surface area contributed by atoms with Crippen LogP contribution in [-0.2, 0) is 6.54 Å². The normalized spacial score (nSPS) is 16.0. The van der Waals surface area contributed by atoms with E-state index in [1.807, 2.05) is 36.4 Å². The summed E-state index contributed by atoms with van der Waals surface area (Å²) in [7, 11) is 3.41. The third-order valence-electron chi connectivity index (χ3n) is 5.19. The summed E-state index contributed by atoms with van der Waals surface area (Å²) in [5, 5.41) is 6.85. The van der Waals surface area contributed by atoms with Crippen molar-refractivity contribution in [3.05, 3.63) is 54.1 Å². The number of halogens is 1. The second-order valence-electron chi connectivity index (χ2n) is 7.20. The summed E-state index contributed by atoms with van der Waals surface area (Å²) < 4.78 is 10.7. The van der Waals surface area contributed by atoms with Gasteiger partial charge in [0, 0.05) is 26.2 Å². The maximum atomic E-state index is 5.52. The lowest BCUT2D eigenvalue weighted by Crippen LogP contribution is -2.40. The van der Waals surface area contributed by atoms with Crippen LogP contribution in [0.3, 0.4) is 0 Å². The van der Waals surface area contributed by atoms with Gasteiger partial charge >= 0.3 is 0 Å². The van der Waals surface area contributed by atoms with Crippen molar-refractivity contribution in [2.45, 2.75) is 19.9 Å². The van der Waals surface area contributed by atoms with Crippen molar-refractivity contribution < 1.29 is 9.47 Å². The molecule has 1 aliphatic heterocycles. The highest BCUT2D eigenvalue weighted by Gasteiger charge is 2.24. The fourth-order valence-corrected chi connectivity index (χ4v) is 3.59. The molecule has 0 aliphatic carbocycles. The van der Waals surface area contributed by atoms with Crippen LogP contribution in [0.2, 0.25) is 0 Å². The predicted octanol–water partition coefficient (Wildman–Crippen LogP) is 3.90. The van der Waals surface area contributed by atoms with Gasteiger partial charge < -0.3 is 25.0 Å². The number of nitrogens with zero attached hydrogens (tertiary/aromatic N) is 2. The Morgan fingerprint density at radius 3 is 2.53 bits per heavy atom. The Balaban J connectivity index is 0.00000320. The SMILES string of the molecule is CCNC(=NCc1ccc(OC)cc1)NCC1CCN(c2ccccc2OC)C1.I. The lowest BCUT2D eigenvalue weighted by molar-refractivity contribution is 0.414. The first-order valence-corrected chi connectivity index (χ1v) is 10.3. The number of hydrogen-bond donors (Lipinski definition) is 2. The zero-order valence-corrected chi connectivity index (χ0v) is 20.4. The van der Waals surface area contributed by atoms with Gasteiger partial charge in [-0.05, 0) is 49.1 Å². The number of para-hydroxylation sites is 2. The number of hydrogen-bond acceptors (Lipinski definition) is 4. The summed E-state index contributed by atoms with van der Waals surface area (Å²) >= 11 is 0. The van der Waals surface area contributed by atoms with Gasteiger partial charge in [0.1, 0.15) is 11.5 Å². The maximum absolute atomic E-state index is 5.52. The van der Waals surface area contributed by atoms with Gasteiger partial charge in [-0.2, -0.15) is 0 Å². The van der Waals surface area contributed by atoms with Crippen molar-refractivity contribution in [2.75, 3.05) is 45.3 Å². The van der Waals surface area contributed by atoms with Crippen molar-refractivity contribution in [3.8, 4) is 11.5 Å². The summed E-state index contributed by atoms with van der Waals surface area (Å²) in [5.74, 6) is 3.24. The van der Waals surface area contributed by atoms with Crippen LogP contribution in [0, 0.1) is 5.92 Å². The van der Waals surface area contributed by atoms with Gasteiger partial charge in [0.2, 0.25) is 0 Å². The van der Waals surface area contributed by atoms with Crippen molar-refractivity contribution in [2.24, 2.45) is 10.9 Å². The molecule has 2 aromatic rings. The molecular weight excluding hydrogens is 491 g/mol. The zero-order valence-electron chi connectivity index (χ0n) is 18.1. The molecule has 1 heterocycles. The number of methoxy groups -OCH3 is 2. The van der Waals surface area contributed by atoms with E-state index in [-0.39, 0.29) is 24.0 Å². The van der Waals surface area contributed by atoms with Crippen molar-refractivity contribution in [1.29, 1.82) is 0 Å². The number of benzene rings is 2. The molecular formula is C23H33IN4O2. The second kappa shape index (κ2) is 12.5. The predicted molar refractivity (Wildman–Crippen MR) is 135 cm³/mol. The number of anilines is 1. The van der Waals surface area contributed by atoms with Crippen LogP contribution >= 0.6 is 24.0 Å². The molecule has 1 aliphatic rings. The molecule has 164 valence electrons. The van der Waals surface area contributed by atoms with E-state index in [9.17, 15) is 0 Å². The summed E-state index contributed by atoms with van der Waals surface area (Å²) in [5.41, 5.74) is 2.34. The van der Waals surface area contributed by atoms with Crippen LogP contribution in [0.15, 0.2) is 53.5 Å². The highest BCUT2D eigenvalue weighted by molar-refractivity contribution is 14.0. The summed E-state index contributed by atoms with van der Waals surface area (Å²) in [6, 6.07) is 16.3. The van der Waals surface area contributed by atoms with Crippen LogP contribution in [0.4, 0.5) is 5.69 Å². The molecule has 2 N–H and O–H groups in total. The first-order valence-electron chi connectivity index (χ1n) is 10.3. The van der Waals surface area contributed by atoms with Gasteiger partial charge in [-0.15, -0.1) is 24.0 Å². The maximum Gasteiger partial charge on any atom is 0.191 e. The molecule has 0 amide bonds. The van der Waals surface area contributed by atoms with E-state index in [1.165, 1.54) is 5.69 Å². The molecule has 6 nitrogen and oxygen atoms in total. The van der Waals surface area contributed by atoms with Crippen molar-refractivity contribution in [3.63, 3.8) is 0 Å². The molecule has 0 bridgehead atoms. The van der Waals surface area contributed by atoms with Gasteiger partial charge in [-0.3, -0.25) is 0 Å². The standard InChI is InChI=1S/C23H32N4O2.HI/c1-4-24-23(25-15-18-9-11-20(28-2)12-10-18)26-16-19-13-14-27(17-19)21-7-5-6-8-22(21)29-3;/h5-12,19H,4,13-17H2,1-3H3,(H2,24,25,26);1H. The smallest absolute Gasteiger partial charge is 0.191 e. The molecule has 1 unspecified atom stereocenters. The average molecular weight is 524 g/mol. The van der Waals surface area contributed by atoms with Crippen molar-refractivity contribution in [1.82, 2.24) is 10.6 Å². The zero-order chi connectivity index (χ0) is 20.5. The Kier molecular flexibility index (Phi) is 10.1. The second-order valence-corrected chi connectivity index (χ2v) is 7.20. The quantitative estimate of drug-likeness (QED) is 0.312. The summed E-state index contributed by atoms with van der Waals surface area (Å²) in [4.78, 5) is 7.13. The lowest BCUT2D eigenvalue weighted by Gasteiger charge is -2.21. The van der Waals surface area contributed by atoms with Gasteiger partial charge in [-0.25, -0.2) is 4.99 Å². The van der Waals surface area contributed by atoms with Gasteiger partial charge in [-0.1, -0.05) is 24.3 Å². The summed E-state index contributed by atoms with van der Waals surface area (Å²) in [6.07, 6.45) is 1.16. The molecule has 1 atom stereocenters. The minimum Gasteiger partial charge on any atom is -0.497 e. The van der Waals surface area contributed by atoms with Gasteiger partial charge in [0.25, 0.3) is 0 Å². The van der Waals surface area contributed by atoms with Gasteiger partial charge in [0.05, 0.1) is 26.5 Å². The van der Waals surface area contributed by atoms with Crippen molar-refractivity contribution >= 4 is 35.6 Å². The first kappa shape index (κ1) is 24.1. The highest BCUT2D eigenvalue weighted by atomic mass is 127. The van der Waals surface area contributed by atoms with E-state index in [0.717, 1.165) is 55.6 Å². The molecule has 1 saturated heterocycles. The van der Waals surface area contributed by atoms with E-state index in [4.69, 9.17) is 14.5 Å². The molecule has 0 radical (unpaired) electrons. The Morgan fingerprint density at radius 2 is 1.83 bits per heavy atom. The Hall–Kier alpha value is -2.16. The molecule has 2 aromatic carbocycles. The Bertz CT molecular complexity index is 798. The fourth-order valence-electron chi connectivity index (χ4n) is 3.59. The van der Waals surface area contributed by atoms with E-state index in [0.29, 0.717) is 12.5 Å². The van der Waals surface area contributed by atoms with Crippen LogP contribution < -0.4 is 25.0 Å². The van der Waals surface area contributed by atoms with E-state index in [1.54, 1.807) is 14.2 Å². The largest absolute Gasteiger partial charge is 0.497 e. The molecule has 0 spiro atoms. The number of ether oxygens (including phenoxy) is 2. The Labute approximate surface area is 197 Å². The molecule has 7 heteroatoms. The van der Waals surface area contributed by atoms with Crippen LogP contribution in [0.25, 0.3) is 0 Å². The van der Waals surface area contributed by atoms with Crippen LogP contribution in [-0.4, -0.2) is 46.4 Å². The molecule has 0 saturated carbocycles. The monoisotopic (exact) mass is 524 g/mol. The van der Waals surface area contributed by atoms with Crippen LogP contribution in [0.1, 0.15) is 18.9 Å². The van der Waals surface area contributed by atoms with E-state index in [2.05, 4.69) is 34.6 Å². The lowest BCUT2D eigenvalue weighted by atomic mass is 10.1. The van der Waals surface area contributed by atoms with E-state index >= 15 is 0 Å². The summed E-state index contributed by atoms with van der Waals surface area (Å²) in [6.45, 7) is 6.53. The number of nitrogens with one attached hydrogen (secondary N) is 2. The van der Waals surface area contributed by atoms with Crippen LogP contribution in [0.5, 0.6) is 11.5 Å². The number of rotatable bonds is 8. The third-order valence-corrected chi connectivity index (χ3v) is 5.19. The topological polar surface area (TPSA) is 58.1 Å².